The van der Waals surface area contributed by atoms with E-state index in [1.54, 1.807) is 0 Å². The van der Waals surface area contributed by atoms with Crippen LogP contribution in [0.2, 0.25) is 0 Å². The second kappa shape index (κ2) is 9.80. The largest absolute Gasteiger partial charge is 0.315 e. The van der Waals surface area contributed by atoms with Gasteiger partial charge in [0.05, 0.1) is 0 Å². The quantitative estimate of drug-likeness (QED) is 0.640. The van der Waals surface area contributed by atoms with E-state index in [1.165, 1.54) is 32.4 Å². The summed E-state index contributed by atoms with van der Waals surface area (Å²) in [6.07, 6.45) is 3.82. The van der Waals surface area contributed by atoms with E-state index in [0.29, 0.717) is 12.1 Å². The van der Waals surface area contributed by atoms with Gasteiger partial charge in [0, 0.05) is 12.1 Å². The van der Waals surface area contributed by atoms with Crippen LogP contribution in [0.3, 0.4) is 0 Å². The molecule has 2 atom stereocenters. The van der Waals surface area contributed by atoms with E-state index in [2.05, 4.69) is 58.8 Å². The van der Waals surface area contributed by atoms with Crippen LogP contribution in [-0.2, 0) is 0 Å². The standard InChI is InChI=1S/C16H36N2/c1-8-16(17-7)15(6)18(11-9-13(2)3)12-10-14(4)5/h13-17H,8-12H2,1-7H3. The van der Waals surface area contributed by atoms with Crippen LogP contribution in [0.15, 0.2) is 0 Å². The second-order valence-corrected chi connectivity index (χ2v) is 6.45. The van der Waals surface area contributed by atoms with Crippen molar-refractivity contribution in [3.63, 3.8) is 0 Å². The van der Waals surface area contributed by atoms with Gasteiger partial charge in [0.25, 0.3) is 0 Å². The van der Waals surface area contributed by atoms with Gasteiger partial charge >= 0.3 is 0 Å². The molecule has 0 aliphatic rings. The van der Waals surface area contributed by atoms with Crippen molar-refractivity contribution in [2.24, 2.45) is 11.8 Å². The van der Waals surface area contributed by atoms with Gasteiger partial charge in [-0.1, -0.05) is 34.6 Å². The highest BCUT2D eigenvalue weighted by molar-refractivity contribution is 4.79. The molecular formula is C16H36N2. The number of rotatable bonds is 10. The van der Waals surface area contributed by atoms with E-state index in [-0.39, 0.29) is 0 Å². The molecule has 0 spiro atoms. The highest BCUT2D eigenvalue weighted by atomic mass is 15.2. The predicted molar refractivity (Wildman–Crippen MR) is 83.1 cm³/mol. The SMILES string of the molecule is CCC(NC)C(C)N(CCC(C)C)CCC(C)C. The smallest absolute Gasteiger partial charge is 0.0220 e. The van der Waals surface area contributed by atoms with Crippen molar-refractivity contribution in [3.05, 3.63) is 0 Å². The average molecular weight is 256 g/mol. The minimum Gasteiger partial charge on any atom is -0.315 e. The van der Waals surface area contributed by atoms with Crippen LogP contribution in [0.4, 0.5) is 0 Å². The number of hydrogen-bond acceptors (Lipinski definition) is 2. The lowest BCUT2D eigenvalue weighted by Gasteiger charge is -2.35. The van der Waals surface area contributed by atoms with Gasteiger partial charge in [0.1, 0.15) is 0 Å². The summed E-state index contributed by atoms with van der Waals surface area (Å²) in [6, 6.07) is 1.25. The molecule has 2 heteroatoms. The predicted octanol–water partition coefficient (Wildman–Crippen LogP) is 3.77. The molecule has 2 nitrogen and oxygen atoms in total. The van der Waals surface area contributed by atoms with Crippen molar-refractivity contribution >= 4 is 0 Å². The van der Waals surface area contributed by atoms with Crippen molar-refractivity contribution in [2.75, 3.05) is 20.1 Å². The average Bonchev–Trinajstić information content (AvgIpc) is 2.29. The maximum atomic E-state index is 3.47. The van der Waals surface area contributed by atoms with Gasteiger partial charge in [-0.3, -0.25) is 4.90 Å². The van der Waals surface area contributed by atoms with Crippen LogP contribution >= 0.6 is 0 Å². The highest BCUT2D eigenvalue weighted by Crippen LogP contribution is 2.13. The lowest BCUT2D eigenvalue weighted by molar-refractivity contribution is 0.154. The number of nitrogens with zero attached hydrogens (tertiary/aromatic N) is 1. The van der Waals surface area contributed by atoms with Gasteiger partial charge in [-0.2, -0.15) is 0 Å². The fourth-order valence-corrected chi connectivity index (χ4v) is 2.41. The van der Waals surface area contributed by atoms with Crippen LogP contribution in [0.5, 0.6) is 0 Å². The first-order chi connectivity index (χ1) is 8.42. The van der Waals surface area contributed by atoms with Crippen molar-refractivity contribution in [1.82, 2.24) is 10.2 Å². The van der Waals surface area contributed by atoms with Crippen molar-refractivity contribution in [1.29, 1.82) is 0 Å². The Kier molecular flexibility index (Phi) is 9.76. The Morgan fingerprint density at radius 3 is 1.61 bits per heavy atom. The van der Waals surface area contributed by atoms with E-state index in [1.807, 2.05) is 0 Å². The van der Waals surface area contributed by atoms with Gasteiger partial charge in [0.15, 0.2) is 0 Å². The first-order valence-corrected chi connectivity index (χ1v) is 7.83. The molecule has 0 aromatic rings. The molecular weight excluding hydrogens is 220 g/mol. The van der Waals surface area contributed by atoms with E-state index in [0.717, 1.165) is 11.8 Å². The topological polar surface area (TPSA) is 15.3 Å². The first-order valence-electron chi connectivity index (χ1n) is 7.83. The molecule has 0 aliphatic carbocycles. The highest BCUT2D eigenvalue weighted by Gasteiger charge is 2.21. The Morgan fingerprint density at radius 2 is 1.33 bits per heavy atom. The third-order valence-corrected chi connectivity index (χ3v) is 3.96. The number of hydrogen-bond donors (Lipinski definition) is 1. The van der Waals surface area contributed by atoms with E-state index >= 15 is 0 Å². The summed E-state index contributed by atoms with van der Waals surface area (Å²) in [7, 11) is 2.09. The summed E-state index contributed by atoms with van der Waals surface area (Å²) in [4.78, 5) is 2.69. The summed E-state index contributed by atoms with van der Waals surface area (Å²) in [6.45, 7) is 16.4. The van der Waals surface area contributed by atoms with E-state index in [9.17, 15) is 0 Å². The monoisotopic (exact) mass is 256 g/mol. The molecule has 0 fully saturated rings. The molecule has 0 aromatic heterocycles. The lowest BCUT2D eigenvalue weighted by atomic mass is 10.0. The summed E-state index contributed by atoms with van der Waals surface area (Å²) >= 11 is 0. The molecule has 1 N–H and O–H groups in total. The third-order valence-electron chi connectivity index (χ3n) is 3.96. The fourth-order valence-electron chi connectivity index (χ4n) is 2.41. The Labute approximate surface area is 116 Å². The molecule has 0 amide bonds. The van der Waals surface area contributed by atoms with Gasteiger partial charge in [-0.25, -0.2) is 0 Å². The van der Waals surface area contributed by atoms with E-state index < -0.39 is 0 Å². The van der Waals surface area contributed by atoms with Crippen LogP contribution in [-0.4, -0.2) is 37.1 Å². The van der Waals surface area contributed by atoms with Gasteiger partial charge in [-0.15, -0.1) is 0 Å². The number of likely N-dealkylation sites (N-methyl/N-ethyl adjacent to an activating group) is 1. The molecule has 0 saturated heterocycles. The third kappa shape index (κ3) is 7.38. The van der Waals surface area contributed by atoms with Crippen LogP contribution in [0.1, 0.15) is 60.8 Å². The molecule has 0 aliphatic heterocycles. The molecule has 0 bridgehead atoms. The number of nitrogens with one attached hydrogen (secondary N) is 1. The van der Waals surface area contributed by atoms with Gasteiger partial charge in [0.2, 0.25) is 0 Å². The Hall–Kier alpha value is -0.0800. The summed E-state index contributed by atoms with van der Waals surface area (Å²) in [5.74, 6) is 1.60. The molecule has 0 saturated carbocycles. The minimum absolute atomic E-state index is 0.615. The van der Waals surface area contributed by atoms with Crippen molar-refractivity contribution in [3.8, 4) is 0 Å². The van der Waals surface area contributed by atoms with Crippen LogP contribution in [0, 0.1) is 11.8 Å². The molecule has 18 heavy (non-hydrogen) atoms. The molecule has 0 aromatic carbocycles. The fraction of sp³-hybridized carbons (Fsp3) is 1.00. The van der Waals surface area contributed by atoms with Crippen molar-refractivity contribution in [2.45, 2.75) is 72.9 Å². The summed E-state index contributed by atoms with van der Waals surface area (Å²) in [5.41, 5.74) is 0. The molecule has 0 radical (unpaired) electrons. The summed E-state index contributed by atoms with van der Waals surface area (Å²) in [5, 5.41) is 3.47. The zero-order chi connectivity index (χ0) is 14.1. The zero-order valence-corrected chi connectivity index (χ0v) is 13.8. The van der Waals surface area contributed by atoms with E-state index in [4.69, 9.17) is 0 Å². The first kappa shape index (κ1) is 17.9. The van der Waals surface area contributed by atoms with Crippen LogP contribution in [0.25, 0.3) is 0 Å². The Morgan fingerprint density at radius 1 is 0.889 bits per heavy atom. The minimum atomic E-state index is 0.615. The second-order valence-electron chi connectivity index (χ2n) is 6.45. The van der Waals surface area contributed by atoms with Gasteiger partial charge < -0.3 is 5.32 Å². The zero-order valence-electron chi connectivity index (χ0n) is 13.8. The maximum absolute atomic E-state index is 3.47. The molecule has 2 unspecified atom stereocenters. The lowest BCUT2D eigenvalue weighted by Crippen LogP contribution is -2.48. The Balaban J connectivity index is 4.41. The molecule has 0 heterocycles. The van der Waals surface area contributed by atoms with Gasteiger partial charge in [-0.05, 0) is 58.2 Å². The molecule has 0 rings (SSSR count). The normalized spacial score (nSPS) is 15.7. The molecule has 110 valence electrons. The maximum Gasteiger partial charge on any atom is 0.0220 e. The summed E-state index contributed by atoms with van der Waals surface area (Å²) < 4.78 is 0. The van der Waals surface area contributed by atoms with Crippen LogP contribution < -0.4 is 5.32 Å². The Bertz CT molecular complexity index is 174. The van der Waals surface area contributed by atoms with Crippen molar-refractivity contribution < 1.29 is 0 Å².